The van der Waals surface area contributed by atoms with Gasteiger partial charge in [0.05, 0.1) is 23.2 Å². The fourth-order valence-corrected chi connectivity index (χ4v) is 4.49. The topological polar surface area (TPSA) is 55.2 Å². The first-order valence-electron chi connectivity index (χ1n) is 7.09. The van der Waals surface area contributed by atoms with Crippen molar-refractivity contribution >= 4 is 9.84 Å². The molecular formula is C14H25N3O2S. The van der Waals surface area contributed by atoms with E-state index in [0.717, 1.165) is 19.5 Å². The predicted molar refractivity (Wildman–Crippen MR) is 80.3 cm³/mol. The second-order valence-corrected chi connectivity index (χ2v) is 9.16. The molecule has 1 unspecified atom stereocenters. The Balaban J connectivity index is 1.89. The molecule has 20 heavy (non-hydrogen) atoms. The molecule has 1 aliphatic rings. The molecule has 1 aromatic rings. The lowest BCUT2D eigenvalue weighted by atomic mass is 10.1. The number of aromatic nitrogens is 2. The highest BCUT2D eigenvalue weighted by Crippen LogP contribution is 2.20. The molecule has 1 saturated heterocycles. The van der Waals surface area contributed by atoms with Crippen molar-refractivity contribution in [2.24, 2.45) is 5.92 Å². The van der Waals surface area contributed by atoms with Crippen LogP contribution in [0, 0.1) is 5.92 Å². The zero-order valence-electron chi connectivity index (χ0n) is 12.8. The maximum absolute atomic E-state index is 11.5. The standard InChI is InChI=1S/C14H25N3O2S/c1-14(2,3)17-10-13(7-15-17)9-16(4)8-12-5-6-20(18,19)11-12/h7,10,12H,5-6,8-9,11H2,1-4H3. The van der Waals surface area contributed by atoms with Crippen LogP contribution in [0.2, 0.25) is 0 Å². The number of hydrogen-bond acceptors (Lipinski definition) is 4. The van der Waals surface area contributed by atoms with Gasteiger partial charge in [-0.1, -0.05) is 0 Å². The average molecular weight is 299 g/mol. The summed E-state index contributed by atoms with van der Waals surface area (Å²) in [6.07, 6.45) is 4.77. The minimum atomic E-state index is -2.77. The molecule has 114 valence electrons. The van der Waals surface area contributed by atoms with Gasteiger partial charge in [-0.05, 0) is 40.2 Å². The molecule has 0 aromatic carbocycles. The molecular weight excluding hydrogens is 274 g/mol. The Morgan fingerprint density at radius 2 is 2.15 bits per heavy atom. The zero-order chi connectivity index (χ0) is 15.0. The van der Waals surface area contributed by atoms with Gasteiger partial charge >= 0.3 is 0 Å². The normalized spacial score (nSPS) is 22.6. The summed E-state index contributed by atoms with van der Waals surface area (Å²) in [4.78, 5) is 2.19. The zero-order valence-corrected chi connectivity index (χ0v) is 13.7. The van der Waals surface area contributed by atoms with E-state index in [2.05, 4.69) is 37.0 Å². The summed E-state index contributed by atoms with van der Waals surface area (Å²) in [5.41, 5.74) is 1.17. The lowest BCUT2D eigenvalue weighted by Crippen LogP contribution is -2.26. The Labute approximate surface area is 121 Å². The van der Waals surface area contributed by atoms with Crippen LogP contribution < -0.4 is 0 Å². The van der Waals surface area contributed by atoms with Crippen LogP contribution in [0.25, 0.3) is 0 Å². The van der Waals surface area contributed by atoms with E-state index in [1.165, 1.54) is 5.56 Å². The quantitative estimate of drug-likeness (QED) is 0.845. The first-order chi connectivity index (χ1) is 9.16. The largest absolute Gasteiger partial charge is 0.302 e. The second kappa shape index (κ2) is 5.48. The number of rotatable bonds is 4. The SMILES string of the molecule is CN(Cc1cnn(C(C)(C)C)c1)CC1CCS(=O)(=O)C1. The van der Waals surface area contributed by atoms with Crippen LogP contribution >= 0.6 is 0 Å². The summed E-state index contributed by atoms with van der Waals surface area (Å²) in [7, 11) is -0.731. The summed E-state index contributed by atoms with van der Waals surface area (Å²) in [6, 6.07) is 0. The van der Waals surface area contributed by atoms with E-state index in [-0.39, 0.29) is 11.5 Å². The Hall–Kier alpha value is -0.880. The number of hydrogen-bond donors (Lipinski definition) is 0. The summed E-state index contributed by atoms with van der Waals surface area (Å²) in [5.74, 6) is 0.981. The second-order valence-electron chi connectivity index (χ2n) is 6.93. The minimum Gasteiger partial charge on any atom is -0.302 e. The van der Waals surface area contributed by atoms with Crippen molar-refractivity contribution in [3.05, 3.63) is 18.0 Å². The highest BCUT2D eigenvalue weighted by molar-refractivity contribution is 7.91. The van der Waals surface area contributed by atoms with Crippen LogP contribution in [0.5, 0.6) is 0 Å². The van der Waals surface area contributed by atoms with Gasteiger partial charge in [0, 0.05) is 24.8 Å². The van der Waals surface area contributed by atoms with Crippen LogP contribution in [0.3, 0.4) is 0 Å². The van der Waals surface area contributed by atoms with E-state index in [4.69, 9.17) is 0 Å². The van der Waals surface area contributed by atoms with Crippen molar-refractivity contribution in [1.29, 1.82) is 0 Å². The third-order valence-corrected chi connectivity index (χ3v) is 5.51. The van der Waals surface area contributed by atoms with Gasteiger partial charge in [0.2, 0.25) is 0 Å². The third-order valence-electron chi connectivity index (χ3n) is 3.67. The van der Waals surface area contributed by atoms with E-state index < -0.39 is 9.84 Å². The molecule has 1 aliphatic heterocycles. The summed E-state index contributed by atoms with van der Waals surface area (Å²) in [5, 5.41) is 4.39. The van der Waals surface area contributed by atoms with Crippen LogP contribution in [-0.4, -0.2) is 48.2 Å². The minimum absolute atomic E-state index is 0.00362. The van der Waals surface area contributed by atoms with Crippen molar-refractivity contribution in [3.8, 4) is 0 Å². The molecule has 1 atom stereocenters. The maximum atomic E-state index is 11.5. The molecule has 1 fully saturated rings. The van der Waals surface area contributed by atoms with Gasteiger partial charge in [-0.3, -0.25) is 4.68 Å². The van der Waals surface area contributed by atoms with Crippen LogP contribution in [0.1, 0.15) is 32.8 Å². The van der Waals surface area contributed by atoms with Gasteiger partial charge in [0.1, 0.15) is 0 Å². The summed E-state index contributed by atoms with van der Waals surface area (Å²) < 4.78 is 24.9. The van der Waals surface area contributed by atoms with Crippen molar-refractivity contribution < 1.29 is 8.42 Å². The highest BCUT2D eigenvalue weighted by atomic mass is 32.2. The molecule has 6 heteroatoms. The molecule has 0 spiro atoms. The maximum Gasteiger partial charge on any atom is 0.150 e. The van der Waals surface area contributed by atoms with E-state index in [0.29, 0.717) is 11.5 Å². The molecule has 0 N–H and O–H groups in total. The predicted octanol–water partition coefficient (Wildman–Crippen LogP) is 1.50. The number of nitrogens with zero attached hydrogens (tertiary/aromatic N) is 3. The molecule has 0 radical (unpaired) electrons. The van der Waals surface area contributed by atoms with Gasteiger partial charge in [-0.2, -0.15) is 5.10 Å². The van der Waals surface area contributed by atoms with Crippen molar-refractivity contribution in [3.63, 3.8) is 0 Å². The van der Waals surface area contributed by atoms with Gasteiger partial charge in [0.25, 0.3) is 0 Å². The molecule has 0 amide bonds. The van der Waals surface area contributed by atoms with E-state index in [9.17, 15) is 8.42 Å². The molecule has 2 heterocycles. The lowest BCUT2D eigenvalue weighted by molar-refractivity contribution is 0.281. The average Bonchev–Trinajstić information content (AvgIpc) is 2.84. The number of sulfone groups is 1. The Bertz CT molecular complexity index is 557. The van der Waals surface area contributed by atoms with E-state index in [1.54, 1.807) is 0 Å². The smallest absolute Gasteiger partial charge is 0.150 e. The van der Waals surface area contributed by atoms with Crippen LogP contribution in [0.4, 0.5) is 0 Å². The van der Waals surface area contributed by atoms with Gasteiger partial charge in [0.15, 0.2) is 9.84 Å². The van der Waals surface area contributed by atoms with Crippen molar-refractivity contribution in [2.45, 2.75) is 39.3 Å². The van der Waals surface area contributed by atoms with Gasteiger partial charge < -0.3 is 4.90 Å². The summed E-state index contributed by atoms with van der Waals surface area (Å²) in [6.45, 7) is 8.01. The van der Waals surface area contributed by atoms with Gasteiger partial charge in [-0.15, -0.1) is 0 Å². The molecule has 2 rings (SSSR count). The summed E-state index contributed by atoms with van der Waals surface area (Å²) >= 11 is 0. The van der Waals surface area contributed by atoms with Crippen LogP contribution in [0.15, 0.2) is 12.4 Å². The molecule has 0 bridgehead atoms. The first-order valence-corrected chi connectivity index (χ1v) is 8.91. The van der Waals surface area contributed by atoms with Gasteiger partial charge in [-0.25, -0.2) is 8.42 Å². The first kappa shape index (κ1) is 15.5. The van der Waals surface area contributed by atoms with Crippen LogP contribution in [-0.2, 0) is 21.9 Å². The van der Waals surface area contributed by atoms with E-state index >= 15 is 0 Å². The molecule has 5 nitrogen and oxygen atoms in total. The Morgan fingerprint density at radius 3 is 2.65 bits per heavy atom. The fraction of sp³-hybridized carbons (Fsp3) is 0.786. The lowest BCUT2D eigenvalue weighted by Gasteiger charge is -2.20. The molecule has 0 saturated carbocycles. The van der Waals surface area contributed by atoms with Crippen molar-refractivity contribution in [2.75, 3.05) is 25.1 Å². The third kappa shape index (κ3) is 4.06. The molecule has 1 aromatic heterocycles. The Kier molecular flexibility index (Phi) is 4.25. The van der Waals surface area contributed by atoms with E-state index in [1.807, 2.05) is 17.9 Å². The van der Waals surface area contributed by atoms with Crippen molar-refractivity contribution in [1.82, 2.24) is 14.7 Å². The fourth-order valence-electron chi connectivity index (χ4n) is 2.64. The monoisotopic (exact) mass is 299 g/mol. The Morgan fingerprint density at radius 1 is 1.45 bits per heavy atom. The molecule has 0 aliphatic carbocycles. The highest BCUT2D eigenvalue weighted by Gasteiger charge is 2.28.